The van der Waals surface area contributed by atoms with Crippen molar-refractivity contribution in [2.75, 3.05) is 6.54 Å². The predicted octanol–water partition coefficient (Wildman–Crippen LogP) is 2.64. The minimum absolute atomic E-state index is 0.0434. The van der Waals surface area contributed by atoms with E-state index in [0.29, 0.717) is 12.5 Å². The minimum atomic E-state index is -0.0434. The van der Waals surface area contributed by atoms with Crippen LogP contribution < -0.4 is 16.0 Å². The molecule has 112 valence electrons. The van der Waals surface area contributed by atoms with Gasteiger partial charge in [-0.2, -0.15) is 0 Å². The van der Waals surface area contributed by atoms with Gasteiger partial charge in [-0.1, -0.05) is 20.8 Å². The van der Waals surface area contributed by atoms with Crippen LogP contribution in [0.25, 0.3) is 0 Å². The molecule has 0 saturated carbocycles. The van der Waals surface area contributed by atoms with Crippen LogP contribution in [0, 0.1) is 5.92 Å². The molecule has 1 fully saturated rings. The Labute approximate surface area is 118 Å². The van der Waals surface area contributed by atoms with Crippen molar-refractivity contribution in [2.24, 2.45) is 5.92 Å². The van der Waals surface area contributed by atoms with E-state index in [1.807, 2.05) is 6.92 Å². The summed E-state index contributed by atoms with van der Waals surface area (Å²) in [6, 6.07) is 0.181. The van der Waals surface area contributed by atoms with Gasteiger partial charge in [0.1, 0.15) is 0 Å². The van der Waals surface area contributed by atoms with Gasteiger partial charge in [0.15, 0.2) is 0 Å². The summed E-state index contributed by atoms with van der Waals surface area (Å²) in [4.78, 5) is 11.8. The summed E-state index contributed by atoms with van der Waals surface area (Å²) in [5, 5.41) is 9.81. The molecule has 1 aliphatic heterocycles. The summed E-state index contributed by atoms with van der Waals surface area (Å²) in [5.41, 5.74) is 0.175. The van der Waals surface area contributed by atoms with Crippen molar-refractivity contribution in [3.63, 3.8) is 0 Å². The largest absolute Gasteiger partial charge is 0.338 e. The Hall–Kier alpha value is -0.770. The molecule has 1 heterocycles. The van der Waals surface area contributed by atoms with E-state index >= 15 is 0 Å². The summed E-state index contributed by atoms with van der Waals surface area (Å²) in [7, 11) is 0. The second-order valence-electron chi connectivity index (χ2n) is 6.41. The van der Waals surface area contributed by atoms with E-state index in [1.54, 1.807) is 0 Å². The molecule has 3 N–H and O–H groups in total. The van der Waals surface area contributed by atoms with E-state index in [1.165, 1.54) is 0 Å². The zero-order valence-corrected chi connectivity index (χ0v) is 13.4. The molecule has 0 aliphatic carbocycles. The van der Waals surface area contributed by atoms with E-state index < -0.39 is 0 Å². The smallest absolute Gasteiger partial charge is 0.315 e. The van der Waals surface area contributed by atoms with Crippen molar-refractivity contribution in [3.8, 4) is 0 Å². The predicted molar refractivity (Wildman–Crippen MR) is 80.3 cm³/mol. The summed E-state index contributed by atoms with van der Waals surface area (Å²) in [6.07, 6.45) is 3.12. The van der Waals surface area contributed by atoms with Gasteiger partial charge in [-0.25, -0.2) is 4.79 Å². The fraction of sp³-hybridized carbons (Fsp3) is 0.933. The molecule has 1 saturated heterocycles. The van der Waals surface area contributed by atoms with E-state index in [0.717, 1.165) is 19.3 Å². The number of piperidine rings is 1. The van der Waals surface area contributed by atoms with E-state index in [9.17, 15) is 4.79 Å². The fourth-order valence-electron chi connectivity index (χ4n) is 3.16. The maximum atomic E-state index is 11.8. The number of carbonyl (C=O) groups excluding carboxylic acids is 1. The number of hydrogen-bond acceptors (Lipinski definition) is 2. The first-order valence-electron chi connectivity index (χ1n) is 7.64. The highest BCUT2D eigenvalue weighted by Gasteiger charge is 2.46. The molecule has 0 radical (unpaired) electrons. The first kappa shape index (κ1) is 16.3. The fourth-order valence-corrected chi connectivity index (χ4v) is 3.16. The Bertz CT molecular complexity index is 321. The highest BCUT2D eigenvalue weighted by Crippen LogP contribution is 2.37. The van der Waals surface area contributed by atoms with Crippen LogP contribution in [0.4, 0.5) is 4.79 Å². The SMILES string of the molecule is CCNC(=O)NC1CC(C)(CC)NC(C)(CC)C1C. The van der Waals surface area contributed by atoms with Gasteiger partial charge in [0, 0.05) is 23.7 Å². The summed E-state index contributed by atoms with van der Waals surface area (Å²) >= 11 is 0. The molecule has 0 aromatic heterocycles. The molecular weight excluding hydrogens is 238 g/mol. The van der Waals surface area contributed by atoms with Crippen LogP contribution in [0.5, 0.6) is 0 Å². The topological polar surface area (TPSA) is 53.2 Å². The Morgan fingerprint density at radius 3 is 2.37 bits per heavy atom. The van der Waals surface area contributed by atoms with Gasteiger partial charge in [-0.15, -0.1) is 0 Å². The lowest BCUT2D eigenvalue weighted by Gasteiger charge is -2.53. The van der Waals surface area contributed by atoms with Crippen LogP contribution in [0.3, 0.4) is 0 Å². The molecule has 19 heavy (non-hydrogen) atoms. The average molecular weight is 269 g/mol. The Balaban J connectivity index is 2.86. The lowest BCUT2D eigenvalue weighted by atomic mass is 9.69. The zero-order valence-electron chi connectivity index (χ0n) is 13.4. The molecule has 4 atom stereocenters. The van der Waals surface area contributed by atoms with E-state index in [-0.39, 0.29) is 23.2 Å². The van der Waals surface area contributed by atoms with Crippen LogP contribution in [-0.2, 0) is 0 Å². The van der Waals surface area contributed by atoms with E-state index in [2.05, 4.69) is 50.6 Å². The number of nitrogens with one attached hydrogen (secondary N) is 3. The minimum Gasteiger partial charge on any atom is -0.338 e. The van der Waals surface area contributed by atoms with Crippen molar-refractivity contribution in [1.82, 2.24) is 16.0 Å². The monoisotopic (exact) mass is 269 g/mol. The molecule has 0 aromatic carbocycles. The molecule has 1 rings (SSSR count). The maximum absolute atomic E-state index is 11.8. The summed E-state index contributed by atoms with van der Waals surface area (Å²) in [5.74, 6) is 0.416. The number of rotatable bonds is 4. The zero-order chi connectivity index (χ0) is 14.7. The summed E-state index contributed by atoms with van der Waals surface area (Å²) < 4.78 is 0. The van der Waals surface area contributed by atoms with Gasteiger partial charge in [0.2, 0.25) is 0 Å². The third-order valence-corrected chi connectivity index (χ3v) is 5.03. The Kier molecular flexibility index (Phi) is 5.25. The number of hydrogen-bond donors (Lipinski definition) is 3. The highest BCUT2D eigenvalue weighted by molar-refractivity contribution is 5.74. The maximum Gasteiger partial charge on any atom is 0.315 e. The Morgan fingerprint density at radius 2 is 1.89 bits per heavy atom. The molecule has 2 amide bonds. The first-order valence-corrected chi connectivity index (χ1v) is 7.64. The molecule has 0 bridgehead atoms. The molecule has 4 heteroatoms. The van der Waals surface area contributed by atoms with Crippen LogP contribution in [0.2, 0.25) is 0 Å². The normalized spacial score (nSPS) is 38.8. The summed E-state index contributed by atoms with van der Waals surface area (Å²) in [6.45, 7) is 13.8. The molecule has 1 aliphatic rings. The van der Waals surface area contributed by atoms with Crippen molar-refractivity contribution in [2.45, 2.75) is 77.9 Å². The third kappa shape index (κ3) is 3.62. The molecular formula is C15H31N3O. The molecule has 4 nitrogen and oxygen atoms in total. The average Bonchev–Trinajstić information content (AvgIpc) is 2.36. The number of amides is 2. The van der Waals surface area contributed by atoms with Crippen LogP contribution in [0.1, 0.15) is 60.8 Å². The van der Waals surface area contributed by atoms with Gasteiger partial charge in [0.25, 0.3) is 0 Å². The lowest BCUT2D eigenvalue weighted by molar-refractivity contribution is 0.0624. The van der Waals surface area contributed by atoms with Crippen molar-refractivity contribution < 1.29 is 4.79 Å². The van der Waals surface area contributed by atoms with Gasteiger partial charge in [-0.3, -0.25) is 0 Å². The van der Waals surface area contributed by atoms with Crippen LogP contribution >= 0.6 is 0 Å². The van der Waals surface area contributed by atoms with Gasteiger partial charge < -0.3 is 16.0 Å². The second kappa shape index (κ2) is 6.12. The number of urea groups is 1. The number of carbonyl (C=O) groups is 1. The highest BCUT2D eigenvalue weighted by atomic mass is 16.2. The van der Waals surface area contributed by atoms with Gasteiger partial charge in [0.05, 0.1) is 0 Å². The second-order valence-corrected chi connectivity index (χ2v) is 6.41. The molecule has 0 aromatic rings. The first-order chi connectivity index (χ1) is 8.80. The third-order valence-electron chi connectivity index (χ3n) is 5.03. The van der Waals surface area contributed by atoms with Crippen molar-refractivity contribution >= 4 is 6.03 Å². The van der Waals surface area contributed by atoms with Gasteiger partial charge in [-0.05, 0) is 46.0 Å². The lowest BCUT2D eigenvalue weighted by Crippen LogP contribution is -2.69. The molecule has 4 unspecified atom stereocenters. The standard InChI is InChI=1S/C15H31N3O/c1-7-14(5)10-12(17-13(19)16-9-3)11(4)15(6,8-2)18-14/h11-12,18H,7-10H2,1-6H3,(H2,16,17,19). The quantitative estimate of drug-likeness (QED) is 0.735. The van der Waals surface area contributed by atoms with Crippen LogP contribution in [-0.4, -0.2) is 29.7 Å². The van der Waals surface area contributed by atoms with Crippen molar-refractivity contribution in [1.29, 1.82) is 0 Å². The molecule has 0 spiro atoms. The van der Waals surface area contributed by atoms with Crippen molar-refractivity contribution in [3.05, 3.63) is 0 Å². The Morgan fingerprint density at radius 1 is 1.26 bits per heavy atom. The van der Waals surface area contributed by atoms with Gasteiger partial charge >= 0.3 is 6.03 Å². The van der Waals surface area contributed by atoms with E-state index in [4.69, 9.17) is 0 Å². The van der Waals surface area contributed by atoms with Crippen LogP contribution in [0.15, 0.2) is 0 Å².